The molecular weight excluding hydrogens is 275 g/mol. The maximum atomic E-state index is 12.5. The molecule has 8 heteroatoms. The quantitative estimate of drug-likeness (QED) is 0.790. The number of nitrogens with zero attached hydrogens (tertiary/aromatic N) is 2. The smallest absolute Gasteiger partial charge is 0.347 e. The first-order valence-corrected chi connectivity index (χ1v) is 6.24. The van der Waals surface area contributed by atoms with E-state index in [0.717, 1.165) is 4.90 Å². The third-order valence-corrected chi connectivity index (χ3v) is 2.81. The first kappa shape index (κ1) is 18.7. The molecule has 0 aromatic carbocycles. The van der Waals surface area contributed by atoms with Gasteiger partial charge in [0, 0.05) is 26.6 Å². The molecular formula is C12H22F3N3O2. The third-order valence-electron chi connectivity index (χ3n) is 2.81. The van der Waals surface area contributed by atoms with E-state index in [1.807, 2.05) is 0 Å². The predicted octanol–water partition coefficient (Wildman–Crippen LogP) is 0.839. The number of hydrogen-bond donors (Lipinski definition) is 1. The van der Waals surface area contributed by atoms with E-state index in [1.165, 1.54) is 14.1 Å². The van der Waals surface area contributed by atoms with Crippen molar-refractivity contribution < 1.29 is 22.8 Å². The molecule has 20 heavy (non-hydrogen) atoms. The highest BCUT2D eigenvalue weighted by atomic mass is 19.4. The topological polar surface area (TPSA) is 66.6 Å². The normalized spacial score (nSPS) is 13.2. The SMILES string of the molecule is CC(C)C(N)CC(=O)N(CC(=O)N(C)C)CC(F)(F)F. The fourth-order valence-corrected chi connectivity index (χ4v) is 1.32. The highest BCUT2D eigenvalue weighted by Gasteiger charge is 2.34. The lowest BCUT2D eigenvalue weighted by Crippen LogP contribution is -2.46. The minimum absolute atomic E-state index is 0.0313. The zero-order valence-corrected chi connectivity index (χ0v) is 12.2. The zero-order valence-electron chi connectivity index (χ0n) is 12.2. The van der Waals surface area contributed by atoms with Crippen molar-refractivity contribution in [2.45, 2.75) is 32.5 Å². The fraction of sp³-hybridized carbons (Fsp3) is 0.833. The Labute approximate surface area is 116 Å². The third kappa shape index (κ3) is 7.32. The van der Waals surface area contributed by atoms with E-state index in [-0.39, 0.29) is 12.3 Å². The van der Waals surface area contributed by atoms with Crippen molar-refractivity contribution in [2.24, 2.45) is 11.7 Å². The molecule has 0 heterocycles. The van der Waals surface area contributed by atoms with Crippen molar-refractivity contribution in [3.8, 4) is 0 Å². The summed E-state index contributed by atoms with van der Waals surface area (Å²) < 4.78 is 37.4. The second-order valence-corrected chi connectivity index (χ2v) is 5.27. The fourth-order valence-electron chi connectivity index (χ4n) is 1.32. The van der Waals surface area contributed by atoms with Gasteiger partial charge < -0.3 is 15.5 Å². The first-order valence-electron chi connectivity index (χ1n) is 6.24. The lowest BCUT2D eigenvalue weighted by atomic mass is 10.0. The predicted molar refractivity (Wildman–Crippen MR) is 68.8 cm³/mol. The average Bonchev–Trinajstić information content (AvgIpc) is 2.25. The van der Waals surface area contributed by atoms with Crippen LogP contribution >= 0.6 is 0 Å². The number of carbonyl (C=O) groups excluding carboxylic acids is 2. The lowest BCUT2D eigenvalue weighted by molar-refractivity contribution is -0.164. The molecule has 0 aliphatic rings. The van der Waals surface area contributed by atoms with Crippen LogP contribution in [0.4, 0.5) is 13.2 Å². The summed E-state index contributed by atoms with van der Waals surface area (Å²) in [7, 11) is 2.83. The van der Waals surface area contributed by atoms with Gasteiger partial charge in [0.1, 0.15) is 13.1 Å². The van der Waals surface area contributed by atoms with Crippen LogP contribution in [0.1, 0.15) is 20.3 Å². The maximum Gasteiger partial charge on any atom is 0.406 e. The number of carbonyl (C=O) groups is 2. The Morgan fingerprint density at radius 3 is 2.00 bits per heavy atom. The van der Waals surface area contributed by atoms with Crippen LogP contribution in [-0.4, -0.2) is 61.0 Å². The van der Waals surface area contributed by atoms with Crippen LogP contribution in [0.2, 0.25) is 0 Å². The summed E-state index contributed by atoms with van der Waals surface area (Å²) in [6.07, 6.45) is -4.77. The Balaban J connectivity index is 4.83. The van der Waals surface area contributed by atoms with Crippen LogP contribution in [0.5, 0.6) is 0 Å². The number of rotatable bonds is 6. The van der Waals surface area contributed by atoms with Crippen molar-refractivity contribution in [1.82, 2.24) is 9.80 Å². The van der Waals surface area contributed by atoms with Gasteiger partial charge in [0.2, 0.25) is 11.8 Å². The van der Waals surface area contributed by atoms with Gasteiger partial charge in [-0.3, -0.25) is 9.59 Å². The Bertz CT molecular complexity index is 343. The Hall–Kier alpha value is -1.31. The van der Waals surface area contributed by atoms with Crippen LogP contribution in [0.3, 0.4) is 0 Å². The molecule has 5 nitrogen and oxygen atoms in total. The molecule has 0 aromatic rings. The lowest BCUT2D eigenvalue weighted by Gasteiger charge is -2.26. The van der Waals surface area contributed by atoms with Gasteiger partial charge in [-0.1, -0.05) is 13.8 Å². The van der Waals surface area contributed by atoms with Gasteiger partial charge in [0.05, 0.1) is 0 Å². The molecule has 1 unspecified atom stereocenters. The van der Waals surface area contributed by atoms with Crippen molar-refractivity contribution in [1.29, 1.82) is 0 Å². The Morgan fingerprint density at radius 2 is 1.65 bits per heavy atom. The molecule has 2 N–H and O–H groups in total. The van der Waals surface area contributed by atoms with E-state index in [1.54, 1.807) is 13.8 Å². The van der Waals surface area contributed by atoms with Gasteiger partial charge in [-0.2, -0.15) is 13.2 Å². The number of amides is 2. The monoisotopic (exact) mass is 297 g/mol. The Kier molecular flexibility index (Phi) is 6.98. The molecule has 0 saturated heterocycles. The van der Waals surface area contributed by atoms with Gasteiger partial charge in [-0.05, 0) is 5.92 Å². The van der Waals surface area contributed by atoms with E-state index in [4.69, 9.17) is 5.73 Å². The summed E-state index contributed by atoms with van der Waals surface area (Å²) in [5.41, 5.74) is 5.69. The maximum absolute atomic E-state index is 12.5. The molecule has 2 amide bonds. The van der Waals surface area contributed by atoms with Gasteiger partial charge >= 0.3 is 6.18 Å². The number of alkyl halides is 3. The van der Waals surface area contributed by atoms with Gasteiger partial charge in [-0.15, -0.1) is 0 Å². The summed E-state index contributed by atoms with van der Waals surface area (Å²) in [4.78, 5) is 25.0. The van der Waals surface area contributed by atoms with Crippen LogP contribution in [0, 0.1) is 5.92 Å². The molecule has 0 bridgehead atoms. The standard InChI is InChI=1S/C12H22F3N3O2/c1-8(2)9(16)5-10(19)18(7-12(13,14)15)6-11(20)17(3)4/h8-9H,5-7,16H2,1-4H3. The van der Waals surface area contributed by atoms with Crippen LogP contribution in [-0.2, 0) is 9.59 Å². The highest BCUT2D eigenvalue weighted by Crippen LogP contribution is 2.18. The molecule has 0 rings (SSSR count). The largest absolute Gasteiger partial charge is 0.406 e. The Morgan fingerprint density at radius 1 is 1.15 bits per heavy atom. The van der Waals surface area contributed by atoms with E-state index >= 15 is 0 Å². The van der Waals surface area contributed by atoms with Gasteiger partial charge in [-0.25, -0.2) is 0 Å². The molecule has 0 saturated carbocycles. The first-order chi connectivity index (χ1) is 8.94. The number of halogens is 3. The van der Waals surface area contributed by atoms with Crippen LogP contribution < -0.4 is 5.73 Å². The molecule has 1 atom stereocenters. The molecule has 0 spiro atoms. The van der Waals surface area contributed by atoms with E-state index < -0.39 is 37.1 Å². The molecule has 0 radical (unpaired) electrons. The van der Waals surface area contributed by atoms with Crippen molar-refractivity contribution >= 4 is 11.8 Å². The summed E-state index contributed by atoms with van der Waals surface area (Å²) >= 11 is 0. The molecule has 0 aliphatic carbocycles. The summed E-state index contributed by atoms with van der Waals surface area (Å²) in [5.74, 6) is -1.37. The number of hydrogen-bond acceptors (Lipinski definition) is 3. The van der Waals surface area contributed by atoms with Gasteiger partial charge in [0.15, 0.2) is 0 Å². The number of nitrogens with two attached hydrogens (primary N) is 1. The average molecular weight is 297 g/mol. The minimum atomic E-state index is -4.55. The zero-order chi connectivity index (χ0) is 16.1. The van der Waals surface area contributed by atoms with Crippen molar-refractivity contribution in [3.63, 3.8) is 0 Å². The molecule has 0 aromatic heterocycles. The second-order valence-electron chi connectivity index (χ2n) is 5.27. The second kappa shape index (κ2) is 7.47. The highest BCUT2D eigenvalue weighted by molar-refractivity contribution is 5.84. The van der Waals surface area contributed by atoms with Crippen molar-refractivity contribution in [3.05, 3.63) is 0 Å². The summed E-state index contributed by atoms with van der Waals surface area (Å²) in [5, 5.41) is 0. The van der Waals surface area contributed by atoms with Gasteiger partial charge in [0.25, 0.3) is 0 Å². The molecule has 118 valence electrons. The van der Waals surface area contributed by atoms with E-state index in [2.05, 4.69) is 0 Å². The van der Waals surface area contributed by atoms with E-state index in [9.17, 15) is 22.8 Å². The van der Waals surface area contributed by atoms with Crippen molar-refractivity contribution in [2.75, 3.05) is 27.2 Å². The molecule has 0 fully saturated rings. The molecule has 0 aliphatic heterocycles. The summed E-state index contributed by atoms with van der Waals surface area (Å²) in [6.45, 7) is 1.50. The minimum Gasteiger partial charge on any atom is -0.347 e. The van der Waals surface area contributed by atoms with E-state index in [0.29, 0.717) is 4.90 Å². The number of likely N-dealkylation sites (N-methyl/N-ethyl adjacent to an activating group) is 1. The van der Waals surface area contributed by atoms with Crippen LogP contribution in [0.25, 0.3) is 0 Å². The van der Waals surface area contributed by atoms with Crippen LogP contribution in [0.15, 0.2) is 0 Å². The summed E-state index contributed by atoms with van der Waals surface area (Å²) in [6, 6.07) is -0.535.